The summed E-state index contributed by atoms with van der Waals surface area (Å²) in [5, 5.41) is 3.61. The number of amides is 2. The first-order chi connectivity index (χ1) is 10.6. The lowest BCUT2D eigenvalue weighted by Gasteiger charge is -2.04. The molecule has 0 unspecified atom stereocenters. The highest BCUT2D eigenvalue weighted by Crippen LogP contribution is 2.37. The number of hydrogen-bond donors (Lipinski definition) is 2. The predicted molar refractivity (Wildman–Crippen MR) is 91.0 cm³/mol. The van der Waals surface area contributed by atoms with Gasteiger partial charge in [-0.2, -0.15) is 0 Å². The van der Waals surface area contributed by atoms with Crippen molar-refractivity contribution in [2.75, 3.05) is 11.1 Å². The molecule has 5 nitrogen and oxygen atoms in total. The lowest BCUT2D eigenvalue weighted by Crippen LogP contribution is -2.12. The molecular weight excluding hydrogens is 318 g/mol. The van der Waals surface area contributed by atoms with Crippen molar-refractivity contribution in [1.29, 1.82) is 0 Å². The number of hydrogen-bond acceptors (Lipinski definition) is 5. The van der Waals surface area contributed by atoms with Gasteiger partial charge in [0.05, 0.1) is 5.75 Å². The second-order valence-corrected chi connectivity index (χ2v) is 6.80. The fraction of sp³-hybridized carbons (Fsp3) is 0.267. The van der Waals surface area contributed by atoms with Gasteiger partial charge in [0.25, 0.3) is 0 Å². The third kappa shape index (κ3) is 4.57. The Bertz CT molecular complexity index is 656. The molecule has 0 fully saturated rings. The van der Waals surface area contributed by atoms with Gasteiger partial charge in [-0.05, 0) is 6.42 Å². The van der Waals surface area contributed by atoms with Crippen LogP contribution < -0.4 is 11.1 Å². The minimum atomic E-state index is -0.391. The summed E-state index contributed by atoms with van der Waals surface area (Å²) in [5.74, 6) is -0.253. The topological polar surface area (TPSA) is 85.1 Å². The average Bonchev–Trinajstić information content (AvgIpc) is 2.89. The molecule has 0 radical (unpaired) electrons. The van der Waals surface area contributed by atoms with Crippen LogP contribution in [0.15, 0.2) is 34.7 Å². The number of benzene rings is 1. The second kappa shape index (κ2) is 7.95. The maximum Gasteiger partial charge on any atom is 0.227 e. The van der Waals surface area contributed by atoms with Gasteiger partial charge in [-0.1, -0.05) is 60.4 Å². The van der Waals surface area contributed by atoms with Gasteiger partial charge in [0.2, 0.25) is 11.8 Å². The molecular formula is C15H17N3O2S2. The Kier molecular flexibility index (Phi) is 5.97. The zero-order chi connectivity index (χ0) is 15.9. The molecule has 3 N–H and O–H groups in total. The molecule has 7 heteroatoms. The number of nitrogens with one attached hydrogen (secondary N) is 1. The van der Waals surface area contributed by atoms with E-state index in [1.165, 1.54) is 23.1 Å². The summed E-state index contributed by atoms with van der Waals surface area (Å²) in [5.41, 5.74) is 6.82. The third-order valence-corrected chi connectivity index (χ3v) is 4.86. The van der Waals surface area contributed by atoms with Gasteiger partial charge in [0.1, 0.15) is 10.7 Å². The Morgan fingerprint density at radius 1 is 1.32 bits per heavy atom. The van der Waals surface area contributed by atoms with Crippen LogP contribution in [0.2, 0.25) is 0 Å². The maximum absolute atomic E-state index is 11.9. The Morgan fingerprint density at radius 3 is 2.68 bits per heavy atom. The Morgan fingerprint density at radius 2 is 2.05 bits per heavy atom. The number of aromatic nitrogens is 1. The van der Waals surface area contributed by atoms with Crippen LogP contribution in [0, 0.1) is 0 Å². The van der Waals surface area contributed by atoms with Crippen LogP contribution >= 0.6 is 23.1 Å². The summed E-state index contributed by atoms with van der Waals surface area (Å²) >= 11 is 2.64. The number of nitrogens with two attached hydrogens (primary N) is 1. The van der Waals surface area contributed by atoms with Crippen LogP contribution in [0.3, 0.4) is 0 Å². The highest BCUT2D eigenvalue weighted by atomic mass is 32.2. The fourth-order valence-electron chi connectivity index (χ4n) is 1.79. The number of carbonyl (C=O) groups is 2. The largest absolute Gasteiger partial charge is 0.369 e. The highest BCUT2D eigenvalue weighted by molar-refractivity contribution is 8.01. The minimum absolute atomic E-state index is 0.0326. The Balaban J connectivity index is 2.28. The quantitative estimate of drug-likeness (QED) is 0.761. The molecule has 0 aliphatic rings. The van der Waals surface area contributed by atoms with Gasteiger partial charge in [0, 0.05) is 12.0 Å². The summed E-state index contributed by atoms with van der Waals surface area (Å²) in [6.45, 7) is 1.96. The molecule has 2 amide bonds. The van der Waals surface area contributed by atoms with E-state index in [1.54, 1.807) is 0 Å². The molecule has 0 atom stereocenters. The number of rotatable bonds is 7. The van der Waals surface area contributed by atoms with E-state index < -0.39 is 5.91 Å². The lowest BCUT2D eigenvalue weighted by molar-refractivity contribution is -0.116. The van der Waals surface area contributed by atoms with Gasteiger partial charge < -0.3 is 11.1 Å². The van der Waals surface area contributed by atoms with E-state index in [1.807, 2.05) is 37.3 Å². The fourth-order valence-corrected chi connectivity index (χ4v) is 3.61. The van der Waals surface area contributed by atoms with Crippen molar-refractivity contribution in [1.82, 2.24) is 4.98 Å². The number of nitrogens with zero attached hydrogens (tertiary/aromatic N) is 1. The van der Waals surface area contributed by atoms with Crippen molar-refractivity contribution in [2.24, 2.45) is 5.73 Å². The van der Waals surface area contributed by atoms with Gasteiger partial charge in [-0.3, -0.25) is 9.59 Å². The maximum atomic E-state index is 11.9. The lowest BCUT2D eigenvalue weighted by atomic mass is 10.2. The summed E-state index contributed by atoms with van der Waals surface area (Å²) in [6, 6.07) is 9.64. The molecule has 0 aliphatic carbocycles. The molecule has 0 bridgehead atoms. The first-order valence-corrected chi connectivity index (χ1v) is 8.67. The smallest absolute Gasteiger partial charge is 0.227 e. The van der Waals surface area contributed by atoms with Crippen LogP contribution in [0.5, 0.6) is 0 Å². The first-order valence-electron chi connectivity index (χ1n) is 6.87. The van der Waals surface area contributed by atoms with Crippen molar-refractivity contribution in [2.45, 2.75) is 24.1 Å². The summed E-state index contributed by atoms with van der Waals surface area (Å²) in [4.78, 5) is 27.3. The Hall–Kier alpha value is -1.86. The average molecular weight is 335 g/mol. The van der Waals surface area contributed by atoms with E-state index in [0.717, 1.165) is 17.7 Å². The normalized spacial score (nSPS) is 10.4. The van der Waals surface area contributed by atoms with Crippen molar-refractivity contribution < 1.29 is 9.59 Å². The van der Waals surface area contributed by atoms with Crippen LogP contribution in [0.1, 0.15) is 19.8 Å². The van der Waals surface area contributed by atoms with Gasteiger partial charge >= 0.3 is 0 Å². The minimum Gasteiger partial charge on any atom is -0.369 e. The summed E-state index contributed by atoms with van der Waals surface area (Å²) in [7, 11) is 0. The zero-order valence-corrected chi connectivity index (χ0v) is 13.8. The Labute approximate surface area is 137 Å². The number of anilines is 1. The van der Waals surface area contributed by atoms with E-state index in [4.69, 9.17) is 5.73 Å². The van der Waals surface area contributed by atoms with Gasteiger partial charge in [-0.25, -0.2) is 4.98 Å². The van der Waals surface area contributed by atoms with Crippen molar-refractivity contribution in [3.63, 3.8) is 0 Å². The van der Waals surface area contributed by atoms with Crippen LogP contribution in [0.25, 0.3) is 11.3 Å². The highest BCUT2D eigenvalue weighted by Gasteiger charge is 2.16. The molecule has 0 saturated carbocycles. The number of carbonyl (C=O) groups excluding carboxylic acids is 2. The van der Waals surface area contributed by atoms with Crippen molar-refractivity contribution in [3.05, 3.63) is 30.3 Å². The molecule has 2 aromatic rings. The third-order valence-electron chi connectivity index (χ3n) is 2.72. The van der Waals surface area contributed by atoms with E-state index in [0.29, 0.717) is 15.8 Å². The molecule has 0 spiro atoms. The molecule has 2 rings (SSSR count). The SMILES string of the molecule is CCCC(=O)Nc1sc(SCC(N)=O)nc1-c1ccccc1. The molecule has 0 saturated heterocycles. The number of thiazole rings is 1. The van der Waals surface area contributed by atoms with Crippen LogP contribution in [-0.2, 0) is 9.59 Å². The zero-order valence-electron chi connectivity index (χ0n) is 12.2. The molecule has 1 aromatic carbocycles. The van der Waals surface area contributed by atoms with Crippen molar-refractivity contribution >= 4 is 39.9 Å². The number of primary amides is 1. The number of thioether (sulfide) groups is 1. The molecule has 22 heavy (non-hydrogen) atoms. The van der Waals surface area contributed by atoms with E-state index in [2.05, 4.69) is 10.3 Å². The van der Waals surface area contributed by atoms with E-state index >= 15 is 0 Å². The van der Waals surface area contributed by atoms with E-state index in [-0.39, 0.29) is 11.7 Å². The standard InChI is InChI=1S/C15H17N3O2S2/c1-2-6-12(20)17-14-13(10-7-4-3-5-8-10)18-15(22-14)21-9-11(16)19/h3-5,7-8H,2,6,9H2,1H3,(H2,16,19)(H,17,20). The molecule has 0 aliphatic heterocycles. The molecule has 116 valence electrons. The predicted octanol–water partition coefficient (Wildman–Crippen LogP) is 3.13. The monoisotopic (exact) mass is 335 g/mol. The summed E-state index contributed by atoms with van der Waals surface area (Å²) < 4.78 is 0.712. The second-order valence-electron chi connectivity index (χ2n) is 4.58. The van der Waals surface area contributed by atoms with Gasteiger partial charge in [0.15, 0.2) is 4.34 Å². The summed E-state index contributed by atoms with van der Waals surface area (Å²) in [6.07, 6.45) is 1.25. The van der Waals surface area contributed by atoms with Crippen molar-refractivity contribution in [3.8, 4) is 11.3 Å². The van der Waals surface area contributed by atoms with Crippen LogP contribution in [0.4, 0.5) is 5.00 Å². The molecule has 1 heterocycles. The molecule has 1 aromatic heterocycles. The van der Waals surface area contributed by atoms with E-state index in [9.17, 15) is 9.59 Å². The first kappa shape index (κ1) is 16.5. The van der Waals surface area contributed by atoms with Crippen LogP contribution in [-0.4, -0.2) is 22.6 Å². The van der Waals surface area contributed by atoms with Gasteiger partial charge in [-0.15, -0.1) is 0 Å².